The van der Waals surface area contributed by atoms with E-state index in [1.54, 1.807) is 0 Å². The summed E-state index contributed by atoms with van der Waals surface area (Å²) in [5.74, 6) is 0.925. The molecule has 5 heteroatoms. The van der Waals surface area contributed by atoms with E-state index in [4.69, 9.17) is 0 Å². The van der Waals surface area contributed by atoms with Gasteiger partial charge in [0.2, 0.25) is 0 Å². The summed E-state index contributed by atoms with van der Waals surface area (Å²) in [6.45, 7) is 10.4. The second-order valence-electron chi connectivity index (χ2n) is 5.03. The van der Waals surface area contributed by atoms with Crippen LogP contribution in [0.25, 0.3) is 0 Å². The molecule has 0 aliphatic heterocycles. The molecule has 1 aromatic heterocycles. The topological polar surface area (TPSA) is 36.4 Å². The molecule has 0 spiro atoms. The van der Waals surface area contributed by atoms with Crippen LogP contribution in [-0.4, -0.2) is 36.6 Å². The van der Waals surface area contributed by atoms with Gasteiger partial charge >= 0.3 is 0 Å². The van der Waals surface area contributed by atoms with Crippen molar-refractivity contribution >= 4 is 29.1 Å². The molecular weight excluding hydrogens is 286 g/mol. The van der Waals surface area contributed by atoms with Gasteiger partial charge in [-0.2, -0.15) is 11.8 Å². The first-order chi connectivity index (χ1) is 9.55. The van der Waals surface area contributed by atoms with Gasteiger partial charge < -0.3 is 10.6 Å². The maximum atomic E-state index is 4.65. The lowest BCUT2D eigenvalue weighted by Gasteiger charge is -2.18. The fourth-order valence-corrected chi connectivity index (χ4v) is 3.04. The first-order valence-electron chi connectivity index (χ1n) is 7.18. The van der Waals surface area contributed by atoms with Gasteiger partial charge in [0.15, 0.2) is 5.96 Å². The van der Waals surface area contributed by atoms with Gasteiger partial charge in [-0.3, -0.25) is 4.99 Å². The highest BCUT2D eigenvalue weighted by Gasteiger charge is 2.08. The molecule has 3 nitrogen and oxygen atoms in total. The molecule has 0 radical (unpaired) electrons. The van der Waals surface area contributed by atoms with Crippen LogP contribution in [0.4, 0.5) is 0 Å². The Morgan fingerprint density at radius 2 is 2.15 bits per heavy atom. The molecule has 20 heavy (non-hydrogen) atoms. The van der Waals surface area contributed by atoms with Crippen molar-refractivity contribution in [3.05, 3.63) is 21.9 Å². The van der Waals surface area contributed by atoms with Crippen LogP contribution >= 0.6 is 23.1 Å². The highest BCUT2D eigenvalue weighted by Crippen LogP contribution is 2.16. The Morgan fingerprint density at radius 1 is 1.40 bits per heavy atom. The van der Waals surface area contributed by atoms with E-state index in [0.717, 1.165) is 25.5 Å². The highest BCUT2D eigenvalue weighted by atomic mass is 32.2. The van der Waals surface area contributed by atoms with E-state index in [9.17, 15) is 0 Å². The van der Waals surface area contributed by atoms with Crippen molar-refractivity contribution in [1.82, 2.24) is 10.6 Å². The van der Waals surface area contributed by atoms with Crippen molar-refractivity contribution in [1.29, 1.82) is 0 Å². The van der Waals surface area contributed by atoms with Crippen molar-refractivity contribution in [2.75, 3.05) is 19.3 Å². The van der Waals surface area contributed by atoms with Crippen molar-refractivity contribution in [2.24, 2.45) is 4.99 Å². The van der Waals surface area contributed by atoms with Gasteiger partial charge in [-0.05, 0) is 39.2 Å². The summed E-state index contributed by atoms with van der Waals surface area (Å²) in [6.07, 6.45) is 3.17. The normalized spacial score (nSPS) is 14.9. The quantitative estimate of drug-likeness (QED) is 0.599. The first-order valence-corrected chi connectivity index (χ1v) is 9.28. The van der Waals surface area contributed by atoms with Crippen LogP contribution < -0.4 is 10.6 Å². The molecule has 0 aliphatic rings. The molecule has 0 aromatic carbocycles. The molecular formula is C15H27N3S2. The number of aryl methyl sites for hydroxylation is 1. The Balaban J connectivity index is 2.51. The average molecular weight is 314 g/mol. The van der Waals surface area contributed by atoms with Crippen molar-refractivity contribution in [3.63, 3.8) is 0 Å². The third kappa shape index (κ3) is 6.66. The SMILES string of the molecule is CCNC(=NCC(C)SC)NC(C)Cc1ccc(C)s1. The summed E-state index contributed by atoms with van der Waals surface area (Å²) in [5.41, 5.74) is 0. The monoisotopic (exact) mass is 313 g/mol. The van der Waals surface area contributed by atoms with E-state index in [0.29, 0.717) is 11.3 Å². The lowest BCUT2D eigenvalue weighted by atomic mass is 10.2. The number of nitrogens with one attached hydrogen (secondary N) is 2. The van der Waals surface area contributed by atoms with Gasteiger partial charge in [-0.15, -0.1) is 11.3 Å². The van der Waals surface area contributed by atoms with Crippen LogP contribution in [0.2, 0.25) is 0 Å². The van der Waals surface area contributed by atoms with Crippen LogP contribution in [0.3, 0.4) is 0 Å². The Bertz CT molecular complexity index is 415. The van der Waals surface area contributed by atoms with Gasteiger partial charge in [-0.25, -0.2) is 0 Å². The van der Waals surface area contributed by atoms with E-state index >= 15 is 0 Å². The minimum absolute atomic E-state index is 0.385. The fourth-order valence-electron chi connectivity index (χ4n) is 1.80. The van der Waals surface area contributed by atoms with Crippen molar-refractivity contribution in [3.8, 4) is 0 Å². The van der Waals surface area contributed by atoms with E-state index in [2.05, 4.69) is 61.7 Å². The van der Waals surface area contributed by atoms with Crippen LogP contribution in [0.1, 0.15) is 30.5 Å². The third-order valence-corrected chi connectivity index (χ3v) is 4.92. The maximum absolute atomic E-state index is 4.65. The molecule has 0 aliphatic carbocycles. The van der Waals surface area contributed by atoms with Gasteiger partial charge in [0, 0.05) is 34.0 Å². The number of thiophene rings is 1. The van der Waals surface area contributed by atoms with E-state index in [1.165, 1.54) is 9.75 Å². The van der Waals surface area contributed by atoms with Crippen LogP contribution in [0.5, 0.6) is 0 Å². The third-order valence-electron chi connectivity index (χ3n) is 2.94. The standard InChI is InChI=1S/C15H27N3S2/c1-6-16-15(17-10-13(4)19-5)18-11(2)9-14-8-7-12(3)20-14/h7-8,11,13H,6,9-10H2,1-5H3,(H2,16,17,18). The molecule has 1 aromatic rings. The lowest BCUT2D eigenvalue weighted by Crippen LogP contribution is -2.43. The minimum Gasteiger partial charge on any atom is -0.357 e. The fraction of sp³-hybridized carbons (Fsp3) is 0.667. The first kappa shape index (κ1) is 17.4. The van der Waals surface area contributed by atoms with E-state index < -0.39 is 0 Å². The number of nitrogens with zero attached hydrogens (tertiary/aromatic N) is 1. The van der Waals surface area contributed by atoms with Gasteiger partial charge in [0.05, 0.1) is 6.54 Å². The molecule has 0 saturated carbocycles. The molecule has 0 amide bonds. The molecule has 0 fully saturated rings. The molecule has 0 bridgehead atoms. The van der Waals surface area contributed by atoms with Gasteiger partial charge in [-0.1, -0.05) is 6.92 Å². The van der Waals surface area contributed by atoms with E-state index in [1.807, 2.05) is 23.1 Å². The molecule has 2 N–H and O–H groups in total. The Kier molecular flexibility index (Phi) is 8.07. The van der Waals surface area contributed by atoms with Crippen molar-refractivity contribution < 1.29 is 0 Å². The summed E-state index contributed by atoms with van der Waals surface area (Å²) in [6, 6.07) is 4.79. The van der Waals surface area contributed by atoms with Crippen molar-refractivity contribution in [2.45, 2.75) is 45.4 Å². The lowest BCUT2D eigenvalue weighted by molar-refractivity contribution is 0.645. The number of hydrogen-bond donors (Lipinski definition) is 2. The second-order valence-corrected chi connectivity index (χ2v) is 7.68. The van der Waals surface area contributed by atoms with Gasteiger partial charge in [0.25, 0.3) is 0 Å². The smallest absolute Gasteiger partial charge is 0.191 e. The van der Waals surface area contributed by atoms with Gasteiger partial charge in [0.1, 0.15) is 0 Å². The van der Waals surface area contributed by atoms with Crippen LogP contribution in [-0.2, 0) is 6.42 Å². The Morgan fingerprint density at radius 3 is 2.70 bits per heavy atom. The molecule has 2 atom stereocenters. The maximum Gasteiger partial charge on any atom is 0.191 e. The highest BCUT2D eigenvalue weighted by molar-refractivity contribution is 7.99. The van der Waals surface area contributed by atoms with Crippen LogP contribution in [0, 0.1) is 6.92 Å². The zero-order valence-corrected chi connectivity index (χ0v) is 14.8. The summed E-state index contributed by atoms with van der Waals surface area (Å²) < 4.78 is 0. The number of rotatable bonds is 7. The predicted octanol–water partition coefficient (Wildman–Crippen LogP) is 3.29. The molecule has 1 rings (SSSR count). The zero-order valence-electron chi connectivity index (χ0n) is 13.2. The number of hydrogen-bond acceptors (Lipinski definition) is 3. The number of guanidine groups is 1. The summed E-state index contributed by atoms with van der Waals surface area (Å²) in [5, 5.41) is 7.36. The predicted molar refractivity (Wildman–Crippen MR) is 94.3 cm³/mol. The summed E-state index contributed by atoms with van der Waals surface area (Å²) in [7, 11) is 0. The summed E-state index contributed by atoms with van der Waals surface area (Å²) in [4.78, 5) is 7.45. The minimum atomic E-state index is 0.385. The largest absolute Gasteiger partial charge is 0.357 e. The molecule has 114 valence electrons. The summed E-state index contributed by atoms with van der Waals surface area (Å²) >= 11 is 3.72. The number of thioether (sulfide) groups is 1. The Hall–Kier alpha value is -0.680. The second kappa shape index (κ2) is 9.29. The van der Waals surface area contributed by atoms with Crippen LogP contribution in [0.15, 0.2) is 17.1 Å². The zero-order chi connectivity index (χ0) is 15.0. The molecule has 0 saturated heterocycles. The molecule has 2 unspecified atom stereocenters. The van der Waals surface area contributed by atoms with E-state index in [-0.39, 0.29) is 0 Å². The molecule has 1 heterocycles. The number of aliphatic imine (C=N–C) groups is 1. The average Bonchev–Trinajstić information content (AvgIpc) is 2.81. The Labute approximate surface area is 131 Å².